The zero-order chi connectivity index (χ0) is 20.2. The van der Waals surface area contributed by atoms with Gasteiger partial charge in [-0.1, -0.05) is 37.5 Å². The fourth-order valence-electron chi connectivity index (χ4n) is 4.01. The second-order valence-electron chi connectivity index (χ2n) is 7.65. The molecule has 29 heavy (non-hydrogen) atoms. The Hall–Kier alpha value is -2.31. The van der Waals surface area contributed by atoms with Crippen molar-refractivity contribution in [1.29, 1.82) is 0 Å². The molecule has 5 nitrogen and oxygen atoms in total. The lowest BCUT2D eigenvalue weighted by molar-refractivity contribution is 0.0664. The maximum atomic E-state index is 12.8. The highest BCUT2D eigenvalue weighted by Crippen LogP contribution is 2.26. The van der Waals surface area contributed by atoms with Crippen LogP contribution in [0.3, 0.4) is 0 Å². The van der Waals surface area contributed by atoms with Crippen molar-refractivity contribution in [2.75, 3.05) is 18.9 Å². The van der Waals surface area contributed by atoms with Gasteiger partial charge in [-0.3, -0.25) is 14.5 Å². The zero-order valence-electron chi connectivity index (χ0n) is 16.3. The SMILES string of the molecule is O=C1c2ccccc2C(=O)N1CC[S+]([O-])c1cccc(OCC2CCCCC2)c1. The van der Waals surface area contributed by atoms with E-state index in [9.17, 15) is 14.1 Å². The molecular formula is C23H25NO4S. The fraction of sp³-hybridized carbons (Fsp3) is 0.391. The predicted molar refractivity (Wildman–Crippen MR) is 112 cm³/mol. The third-order valence-electron chi connectivity index (χ3n) is 5.66. The van der Waals surface area contributed by atoms with Crippen LogP contribution in [-0.4, -0.2) is 40.2 Å². The maximum Gasteiger partial charge on any atom is 0.261 e. The maximum absolute atomic E-state index is 12.8. The number of nitrogens with zero attached hydrogens (tertiary/aromatic N) is 1. The molecule has 1 saturated carbocycles. The molecule has 2 aromatic carbocycles. The molecule has 0 aromatic heterocycles. The van der Waals surface area contributed by atoms with E-state index in [1.807, 2.05) is 12.1 Å². The molecule has 1 fully saturated rings. The molecule has 4 rings (SSSR count). The van der Waals surface area contributed by atoms with Gasteiger partial charge in [0.05, 0.1) is 24.3 Å². The highest BCUT2D eigenvalue weighted by atomic mass is 32.2. The summed E-state index contributed by atoms with van der Waals surface area (Å²) in [6.45, 7) is 0.831. The van der Waals surface area contributed by atoms with Gasteiger partial charge in [0, 0.05) is 6.07 Å². The van der Waals surface area contributed by atoms with Crippen LogP contribution in [0.1, 0.15) is 52.8 Å². The minimum absolute atomic E-state index is 0.131. The van der Waals surface area contributed by atoms with Crippen LogP contribution < -0.4 is 4.74 Å². The first-order valence-corrected chi connectivity index (χ1v) is 11.5. The topological polar surface area (TPSA) is 69.7 Å². The average Bonchev–Trinajstić information content (AvgIpc) is 3.01. The predicted octanol–water partition coefficient (Wildman–Crippen LogP) is 4.05. The molecule has 0 bridgehead atoms. The van der Waals surface area contributed by atoms with Crippen LogP contribution in [-0.2, 0) is 11.2 Å². The molecule has 152 valence electrons. The van der Waals surface area contributed by atoms with Crippen molar-refractivity contribution in [2.24, 2.45) is 5.92 Å². The average molecular weight is 412 g/mol. The minimum atomic E-state index is -1.32. The minimum Gasteiger partial charge on any atom is -0.611 e. The first-order chi connectivity index (χ1) is 14.1. The van der Waals surface area contributed by atoms with E-state index in [1.54, 1.807) is 36.4 Å². The molecule has 2 amide bonds. The van der Waals surface area contributed by atoms with E-state index in [4.69, 9.17) is 4.74 Å². The van der Waals surface area contributed by atoms with Gasteiger partial charge in [-0.15, -0.1) is 0 Å². The summed E-state index contributed by atoms with van der Waals surface area (Å²) >= 11 is -1.32. The van der Waals surface area contributed by atoms with E-state index in [0.29, 0.717) is 28.5 Å². The number of carbonyl (C=O) groups excluding carboxylic acids is 2. The van der Waals surface area contributed by atoms with Crippen LogP contribution in [0.25, 0.3) is 0 Å². The van der Waals surface area contributed by atoms with Gasteiger partial charge in [0.1, 0.15) is 11.5 Å². The highest BCUT2D eigenvalue weighted by molar-refractivity contribution is 7.91. The Labute approximate surface area is 174 Å². The second kappa shape index (κ2) is 9.01. The number of benzene rings is 2. The number of hydrogen-bond acceptors (Lipinski definition) is 4. The summed E-state index contributed by atoms with van der Waals surface area (Å²) in [5.41, 5.74) is 0.836. The largest absolute Gasteiger partial charge is 0.611 e. The molecule has 0 radical (unpaired) electrons. The standard InChI is InChI=1S/C23H25NO4S/c25-22-20-11-4-5-12-21(20)23(26)24(22)13-14-29(27)19-10-6-9-18(15-19)28-16-17-7-2-1-3-8-17/h4-6,9-12,15,17H,1-3,7-8,13-14,16H2. The fourth-order valence-corrected chi connectivity index (χ4v) is 5.07. The molecule has 0 N–H and O–H groups in total. The van der Waals surface area contributed by atoms with Crippen molar-refractivity contribution in [3.63, 3.8) is 0 Å². The molecule has 1 aliphatic heterocycles. The zero-order valence-corrected chi connectivity index (χ0v) is 17.2. The molecule has 2 aromatic rings. The summed E-state index contributed by atoms with van der Waals surface area (Å²) in [5.74, 6) is 0.908. The van der Waals surface area contributed by atoms with Crippen molar-refractivity contribution in [2.45, 2.75) is 37.0 Å². The molecule has 1 aliphatic carbocycles. The number of rotatable bonds is 7. The Bertz CT molecular complexity index is 859. The molecular weight excluding hydrogens is 386 g/mol. The lowest BCUT2D eigenvalue weighted by Gasteiger charge is -2.22. The number of fused-ring (bicyclic) bond motifs is 1. The van der Waals surface area contributed by atoms with Gasteiger partial charge < -0.3 is 9.29 Å². The summed E-state index contributed by atoms with van der Waals surface area (Å²) in [4.78, 5) is 26.7. The number of hydrogen-bond donors (Lipinski definition) is 0. The van der Waals surface area contributed by atoms with Gasteiger partial charge in [-0.2, -0.15) is 0 Å². The summed E-state index contributed by atoms with van der Waals surface area (Å²) < 4.78 is 18.7. The second-order valence-corrected chi connectivity index (χ2v) is 9.22. The molecule has 2 aliphatic rings. The Morgan fingerprint density at radius 1 is 0.966 bits per heavy atom. The summed E-state index contributed by atoms with van der Waals surface area (Å²) in [6, 6.07) is 14.1. The van der Waals surface area contributed by atoms with Crippen LogP contribution >= 0.6 is 0 Å². The van der Waals surface area contributed by atoms with Crippen molar-refractivity contribution in [1.82, 2.24) is 4.90 Å². The lowest BCUT2D eigenvalue weighted by Crippen LogP contribution is -2.34. The van der Waals surface area contributed by atoms with Crippen LogP contribution in [0, 0.1) is 5.92 Å². The van der Waals surface area contributed by atoms with E-state index in [-0.39, 0.29) is 24.1 Å². The molecule has 0 saturated heterocycles. The Kier molecular flexibility index (Phi) is 6.21. The van der Waals surface area contributed by atoms with Gasteiger partial charge in [0.25, 0.3) is 11.8 Å². The Balaban J connectivity index is 1.33. The van der Waals surface area contributed by atoms with Gasteiger partial charge in [0.15, 0.2) is 4.90 Å². The lowest BCUT2D eigenvalue weighted by atomic mass is 9.90. The monoisotopic (exact) mass is 411 g/mol. The first-order valence-electron chi connectivity index (χ1n) is 10.2. The van der Waals surface area contributed by atoms with Crippen molar-refractivity contribution >= 4 is 23.0 Å². The number of imide groups is 1. The van der Waals surface area contributed by atoms with Gasteiger partial charge in [0.2, 0.25) is 0 Å². The molecule has 1 atom stereocenters. The van der Waals surface area contributed by atoms with Crippen LogP contribution in [0.4, 0.5) is 0 Å². The normalized spacial score (nSPS) is 18.0. The first kappa shape index (κ1) is 20.0. The van der Waals surface area contributed by atoms with Crippen molar-refractivity contribution in [3.05, 3.63) is 59.7 Å². The van der Waals surface area contributed by atoms with E-state index in [1.165, 1.54) is 37.0 Å². The Morgan fingerprint density at radius 3 is 2.34 bits per heavy atom. The molecule has 6 heteroatoms. The van der Waals surface area contributed by atoms with Crippen LogP contribution in [0.2, 0.25) is 0 Å². The quantitative estimate of drug-likeness (QED) is 0.509. The van der Waals surface area contributed by atoms with Crippen LogP contribution in [0.15, 0.2) is 53.4 Å². The van der Waals surface area contributed by atoms with Gasteiger partial charge >= 0.3 is 0 Å². The summed E-state index contributed by atoms with van der Waals surface area (Å²) in [5, 5.41) is 0. The molecule has 0 spiro atoms. The number of ether oxygens (including phenoxy) is 1. The molecule has 1 unspecified atom stereocenters. The van der Waals surface area contributed by atoms with Crippen molar-refractivity contribution < 1.29 is 18.9 Å². The number of amides is 2. The third-order valence-corrected chi connectivity index (χ3v) is 6.99. The number of carbonyl (C=O) groups is 2. The highest BCUT2D eigenvalue weighted by Gasteiger charge is 2.35. The van der Waals surface area contributed by atoms with E-state index >= 15 is 0 Å². The third kappa shape index (κ3) is 4.49. The van der Waals surface area contributed by atoms with E-state index in [2.05, 4.69) is 0 Å². The smallest absolute Gasteiger partial charge is 0.261 e. The van der Waals surface area contributed by atoms with E-state index < -0.39 is 11.2 Å². The molecule has 1 heterocycles. The Morgan fingerprint density at radius 2 is 1.66 bits per heavy atom. The van der Waals surface area contributed by atoms with Crippen molar-refractivity contribution in [3.8, 4) is 5.75 Å². The van der Waals surface area contributed by atoms with Gasteiger partial charge in [-0.25, -0.2) is 0 Å². The summed E-state index contributed by atoms with van der Waals surface area (Å²) in [7, 11) is 0. The van der Waals surface area contributed by atoms with Gasteiger partial charge in [-0.05, 0) is 54.2 Å². The van der Waals surface area contributed by atoms with Crippen LogP contribution in [0.5, 0.6) is 5.75 Å². The van der Waals surface area contributed by atoms with E-state index in [0.717, 1.165) is 5.75 Å². The summed E-state index contributed by atoms with van der Waals surface area (Å²) in [6.07, 6.45) is 6.29.